The molecule has 0 heterocycles. The zero-order chi connectivity index (χ0) is 14.8. The molecule has 0 unspecified atom stereocenters. The molecular weight excluding hydrogens is 256 g/mol. The van der Waals surface area contributed by atoms with Crippen molar-refractivity contribution in [3.63, 3.8) is 0 Å². The SMILES string of the molecule is CCCCCCOCc1cc([N+](=O)[O-])ccc1NCC. The van der Waals surface area contributed by atoms with Gasteiger partial charge in [-0.25, -0.2) is 0 Å². The molecule has 1 aromatic rings. The fourth-order valence-corrected chi connectivity index (χ4v) is 1.99. The molecule has 1 N–H and O–H groups in total. The monoisotopic (exact) mass is 280 g/mol. The van der Waals surface area contributed by atoms with E-state index in [0.29, 0.717) is 13.2 Å². The van der Waals surface area contributed by atoms with Gasteiger partial charge in [-0.05, 0) is 19.4 Å². The molecule has 0 aromatic heterocycles. The van der Waals surface area contributed by atoms with Crippen LogP contribution in [0, 0.1) is 10.1 Å². The van der Waals surface area contributed by atoms with Crippen LogP contribution in [-0.4, -0.2) is 18.1 Å². The van der Waals surface area contributed by atoms with Crippen molar-refractivity contribution in [2.24, 2.45) is 0 Å². The molecule has 0 bridgehead atoms. The maximum Gasteiger partial charge on any atom is 0.269 e. The molecule has 0 amide bonds. The van der Waals surface area contributed by atoms with E-state index in [9.17, 15) is 10.1 Å². The number of unbranched alkanes of at least 4 members (excludes halogenated alkanes) is 3. The predicted octanol–water partition coefficient (Wildman–Crippen LogP) is 4.12. The van der Waals surface area contributed by atoms with Gasteiger partial charge in [-0.3, -0.25) is 10.1 Å². The summed E-state index contributed by atoms with van der Waals surface area (Å²) < 4.78 is 5.63. The Balaban J connectivity index is 2.56. The number of nitro benzene ring substituents is 1. The Morgan fingerprint density at radius 2 is 2.05 bits per heavy atom. The van der Waals surface area contributed by atoms with Crippen LogP contribution in [0.2, 0.25) is 0 Å². The molecule has 1 aromatic carbocycles. The van der Waals surface area contributed by atoms with Crippen LogP contribution in [0.4, 0.5) is 11.4 Å². The molecule has 0 fully saturated rings. The number of ether oxygens (including phenoxy) is 1. The quantitative estimate of drug-likeness (QED) is 0.398. The van der Waals surface area contributed by atoms with Crippen molar-refractivity contribution in [1.82, 2.24) is 0 Å². The van der Waals surface area contributed by atoms with Gasteiger partial charge in [0.2, 0.25) is 0 Å². The van der Waals surface area contributed by atoms with Gasteiger partial charge in [0.1, 0.15) is 0 Å². The maximum atomic E-state index is 10.8. The van der Waals surface area contributed by atoms with Crippen LogP contribution < -0.4 is 5.32 Å². The third-order valence-electron chi connectivity index (χ3n) is 3.07. The van der Waals surface area contributed by atoms with Gasteiger partial charge >= 0.3 is 0 Å². The summed E-state index contributed by atoms with van der Waals surface area (Å²) >= 11 is 0. The second-order valence-electron chi connectivity index (χ2n) is 4.74. The van der Waals surface area contributed by atoms with Crippen LogP contribution in [0.1, 0.15) is 45.1 Å². The highest BCUT2D eigenvalue weighted by molar-refractivity contribution is 5.55. The lowest BCUT2D eigenvalue weighted by molar-refractivity contribution is -0.384. The first-order valence-corrected chi connectivity index (χ1v) is 7.28. The first-order chi connectivity index (χ1) is 9.69. The van der Waals surface area contributed by atoms with Crippen molar-refractivity contribution in [2.75, 3.05) is 18.5 Å². The van der Waals surface area contributed by atoms with Crippen molar-refractivity contribution in [2.45, 2.75) is 46.1 Å². The minimum atomic E-state index is -0.375. The van der Waals surface area contributed by atoms with Crippen molar-refractivity contribution in [3.05, 3.63) is 33.9 Å². The highest BCUT2D eigenvalue weighted by atomic mass is 16.6. The number of hydrogen-bond acceptors (Lipinski definition) is 4. The molecule has 0 aliphatic heterocycles. The Bertz CT molecular complexity index is 422. The highest BCUT2D eigenvalue weighted by Gasteiger charge is 2.10. The molecule has 20 heavy (non-hydrogen) atoms. The molecular formula is C15H24N2O3. The summed E-state index contributed by atoms with van der Waals surface area (Å²) in [4.78, 5) is 10.4. The minimum Gasteiger partial charge on any atom is -0.385 e. The Kier molecular flexibility index (Phi) is 7.65. The van der Waals surface area contributed by atoms with Gasteiger partial charge in [-0.15, -0.1) is 0 Å². The maximum absolute atomic E-state index is 10.8. The van der Waals surface area contributed by atoms with E-state index in [-0.39, 0.29) is 10.6 Å². The van der Waals surface area contributed by atoms with Gasteiger partial charge in [0.05, 0.1) is 11.5 Å². The lowest BCUT2D eigenvalue weighted by Crippen LogP contribution is -2.04. The molecule has 112 valence electrons. The second kappa shape index (κ2) is 9.31. The minimum absolute atomic E-state index is 0.108. The van der Waals surface area contributed by atoms with E-state index in [1.165, 1.54) is 25.3 Å². The van der Waals surface area contributed by atoms with Gasteiger partial charge in [0.25, 0.3) is 5.69 Å². The molecule has 0 spiro atoms. The molecule has 0 saturated heterocycles. The molecule has 0 aliphatic rings. The summed E-state index contributed by atoms with van der Waals surface area (Å²) in [5, 5.41) is 14.0. The van der Waals surface area contributed by atoms with Crippen LogP contribution in [0.3, 0.4) is 0 Å². The van der Waals surface area contributed by atoms with Crippen LogP contribution in [0.15, 0.2) is 18.2 Å². The van der Waals surface area contributed by atoms with E-state index < -0.39 is 0 Å². The number of benzene rings is 1. The van der Waals surface area contributed by atoms with Crippen LogP contribution in [0.25, 0.3) is 0 Å². The zero-order valence-electron chi connectivity index (χ0n) is 12.4. The van der Waals surface area contributed by atoms with E-state index in [0.717, 1.165) is 24.2 Å². The number of non-ortho nitro benzene ring substituents is 1. The molecule has 5 heteroatoms. The van der Waals surface area contributed by atoms with Crippen molar-refractivity contribution in [3.8, 4) is 0 Å². The van der Waals surface area contributed by atoms with E-state index in [4.69, 9.17) is 4.74 Å². The van der Waals surface area contributed by atoms with Crippen molar-refractivity contribution < 1.29 is 9.66 Å². The molecule has 0 atom stereocenters. The second-order valence-corrected chi connectivity index (χ2v) is 4.74. The number of nitro groups is 1. The summed E-state index contributed by atoms with van der Waals surface area (Å²) in [7, 11) is 0. The van der Waals surface area contributed by atoms with Crippen LogP contribution >= 0.6 is 0 Å². The normalized spacial score (nSPS) is 10.5. The Morgan fingerprint density at radius 1 is 1.25 bits per heavy atom. The van der Waals surface area contributed by atoms with Gasteiger partial charge in [0.15, 0.2) is 0 Å². The number of nitrogens with zero attached hydrogens (tertiary/aromatic N) is 1. The number of nitrogens with one attached hydrogen (secondary N) is 1. The van der Waals surface area contributed by atoms with Gasteiger partial charge < -0.3 is 10.1 Å². The first-order valence-electron chi connectivity index (χ1n) is 7.28. The summed E-state index contributed by atoms with van der Waals surface area (Å²) in [5.41, 5.74) is 1.86. The van der Waals surface area contributed by atoms with Crippen molar-refractivity contribution in [1.29, 1.82) is 0 Å². The van der Waals surface area contributed by atoms with Gasteiger partial charge in [0, 0.05) is 36.5 Å². The standard InChI is InChI=1S/C15H24N2O3/c1-3-5-6-7-10-20-12-13-11-14(17(18)19)8-9-15(13)16-4-2/h8-9,11,16H,3-7,10,12H2,1-2H3. The average Bonchev–Trinajstić information content (AvgIpc) is 2.44. The molecule has 0 aliphatic carbocycles. The highest BCUT2D eigenvalue weighted by Crippen LogP contribution is 2.23. The van der Waals surface area contributed by atoms with Crippen LogP contribution in [-0.2, 0) is 11.3 Å². The van der Waals surface area contributed by atoms with E-state index in [1.807, 2.05) is 6.92 Å². The molecule has 0 saturated carbocycles. The third kappa shape index (κ3) is 5.57. The fraction of sp³-hybridized carbons (Fsp3) is 0.600. The predicted molar refractivity (Wildman–Crippen MR) is 81.1 cm³/mol. The number of rotatable bonds is 10. The van der Waals surface area contributed by atoms with E-state index >= 15 is 0 Å². The first kappa shape index (κ1) is 16.4. The van der Waals surface area contributed by atoms with Crippen molar-refractivity contribution >= 4 is 11.4 Å². The lowest BCUT2D eigenvalue weighted by atomic mass is 10.1. The lowest BCUT2D eigenvalue weighted by Gasteiger charge is -2.11. The summed E-state index contributed by atoms with van der Waals surface area (Å²) in [6.07, 6.45) is 4.64. The fourth-order valence-electron chi connectivity index (χ4n) is 1.99. The Labute approximate surface area is 120 Å². The smallest absolute Gasteiger partial charge is 0.269 e. The zero-order valence-corrected chi connectivity index (χ0v) is 12.4. The molecule has 1 rings (SSSR count). The number of hydrogen-bond donors (Lipinski definition) is 1. The molecule has 5 nitrogen and oxygen atoms in total. The summed E-state index contributed by atoms with van der Waals surface area (Å²) in [6.45, 7) is 6.06. The van der Waals surface area contributed by atoms with Gasteiger partial charge in [-0.2, -0.15) is 0 Å². The Hall–Kier alpha value is -1.62. The molecule has 0 radical (unpaired) electrons. The topological polar surface area (TPSA) is 64.4 Å². The average molecular weight is 280 g/mol. The van der Waals surface area contributed by atoms with Crippen LogP contribution in [0.5, 0.6) is 0 Å². The largest absolute Gasteiger partial charge is 0.385 e. The number of anilines is 1. The van der Waals surface area contributed by atoms with E-state index in [2.05, 4.69) is 12.2 Å². The summed E-state index contributed by atoms with van der Waals surface area (Å²) in [5.74, 6) is 0. The Morgan fingerprint density at radius 3 is 2.70 bits per heavy atom. The van der Waals surface area contributed by atoms with E-state index in [1.54, 1.807) is 12.1 Å². The van der Waals surface area contributed by atoms with Gasteiger partial charge in [-0.1, -0.05) is 26.2 Å². The third-order valence-corrected chi connectivity index (χ3v) is 3.07. The summed E-state index contributed by atoms with van der Waals surface area (Å²) in [6, 6.07) is 4.85.